The number of hydrogen-bond donors (Lipinski definition) is 1. The van der Waals surface area contributed by atoms with Crippen molar-refractivity contribution in [2.24, 2.45) is 12.5 Å². The molecule has 2 fully saturated rings. The maximum absolute atomic E-state index is 14.3. The van der Waals surface area contributed by atoms with Crippen molar-refractivity contribution < 1.29 is 22.3 Å². The number of sulfonamides is 1. The second kappa shape index (κ2) is 9.92. The van der Waals surface area contributed by atoms with Gasteiger partial charge in [-0.25, -0.2) is 26.9 Å². The van der Waals surface area contributed by atoms with Crippen molar-refractivity contribution in [3.05, 3.63) is 95.5 Å². The minimum absolute atomic E-state index is 0.00568. The number of pyridine rings is 1. The molecule has 3 aliphatic carbocycles. The monoisotopic (exact) mass is 592 g/mol. The van der Waals surface area contributed by atoms with Crippen LogP contribution in [0.15, 0.2) is 71.9 Å². The number of rotatable bonds is 7. The van der Waals surface area contributed by atoms with Gasteiger partial charge in [-0.05, 0) is 86.6 Å². The van der Waals surface area contributed by atoms with Crippen LogP contribution >= 0.6 is 0 Å². The Labute approximate surface area is 242 Å². The Morgan fingerprint density at radius 1 is 1.07 bits per heavy atom. The van der Waals surface area contributed by atoms with E-state index in [0.717, 1.165) is 29.7 Å². The molecule has 0 bridgehead atoms. The molecular formula is C30H30F2N6O3S. The van der Waals surface area contributed by atoms with E-state index in [4.69, 9.17) is 0 Å². The van der Waals surface area contributed by atoms with Crippen LogP contribution in [0, 0.1) is 17.0 Å². The Morgan fingerprint density at radius 3 is 2.55 bits per heavy atom. The number of nitrogens with zero attached hydrogens (tertiary/aromatic N) is 6. The van der Waals surface area contributed by atoms with Crippen molar-refractivity contribution in [3.63, 3.8) is 0 Å². The molecule has 4 aromatic rings. The minimum Gasteiger partial charge on any atom is -0.386 e. The van der Waals surface area contributed by atoms with Gasteiger partial charge in [0.15, 0.2) is 5.03 Å². The number of aliphatic hydroxyl groups excluding tert-OH is 1. The number of benzene rings is 1. The molecule has 0 spiro atoms. The molecule has 2 saturated carbocycles. The molecule has 1 unspecified atom stereocenters. The zero-order chi connectivity index (χ0) is 29.2. The van der Waals surface area contributed by atoms with Crippen LogP contribution in [0.25, 0.3) is 11.8 Å². The number of halogens is 2. The Balaban J connectivity index is 1.32. The van der Waals surface area contributed by atoms with E-state index in [-0.39, 0.29) is 22.6 Å². The molecular weight excluding hydrogens is 562 g/mol. The zero-order valence-corrected chi connectivity index (χ0v) is 23.8. The summed E-state index contributed by atoms with van der Waals surface area (Å²) in [5.74, 6) is -0.853. The van der Waals surface area contributed by atoms with Crippen LogP contribution in [0.1, 0.15) is 55.2 Å². The first-order valence-electron chi connectivity index (χ1n) is 14.0. The molecule has 9 nitrogen and oxygen atoms in total. The Bertz CT molecular complexity index is 1800. The van der Waals surface area contributed by atoms with E-state index in [1.807, 2.05) is 6.08 Å². The SMILES string of the molecule is Cn1cnc(S(=O)(=O)N(C2CC2)[C@H]2CCC3=Cc4c(cnn4-c4ccc(F)cc4)C[C@]3(C(O)c3cc(F)ccn3)C2)c1. The smallest absolute Gasteiger partial charge is 0.262 e. The van der Waals surface area contributed by atoms with Crippen LogP contribution < -0.4 is 0 Å². The summed E-state index contributed by atoms with van der Waals surface area (Å²) in [6.07, 6.45) is 10.1. The highest BCUT2D eigenvalue weighted by molar-refractivity contribution is 7.89. The van der Waals surface area contributed by atoms with Gasteiger partial charge in [0.25, 0.3) is 10.0 Å². The number of aliphatic hydroxyl groups is 1. The number of imidazole rings is 1. The zero-order valence-electron chi connectivity index (χ0n) is 22.9. The molecule has 0 saturated heterocycles. The predicted molar refractivity (Wildman–Crippen MR) is 150 cm³/mol. The number of fused-ring (bicyclic) bond motifs is 2. The maximum Gasteiger partial charge on any atom is 0.262 e. The van der Waals surface area contributed by atoms with Gasteiger partial charge in [0.1, 0.15) is 17.7 Å². The molecule has 42 heavy (non-hydrogen) atoms. The molecule has 12 heteroatoms. The summed E-state index contributed by atoms with van der Waals surface area (Å²) >= 11 is 0. The van der Waals surface area contributed by atoms with E-state index in [0.29, 0.717) is 31.4 Å². The molecule has 3 aromatic heterocycles. The molecule has 3 atom stereocenters. The van der Waals surface area contributed by atoms with E-state index < -0.39 is 33.4 Å². The van der Waals surface area contributed by atoms with E-state index >= 15 is 0 Å². The fraction of sp³-hybridized carbons (Fsp3) is 0.367. The number of hydrogen-bond acceptors (Lipinski definition) is 6. The molecule has 0 amide bonds. The maximum atomic E-state index is 14.3. The largest absolute Gasteiger partial charge is 0.386 e. The normalized spacial score (nSPS) is 22.9. The summed E-state index contributed by atoms with van der Waals surface area (Å²) in [4.78, 5) is 8.47. The van der Waals surface area contributed by atoms with Gasteiger partial charge in [0, 0.05) is 36.9 Å². The van der Waals surface area contributed by atoms with Gasteiger partial charge in [-0.3, -0.25) is 4.98 Å². The van der Waals surface area contributed by atoms with E-state index in [1.165, 1.54) is 43.0 Å². The molecule has 1 aromatic carbocycles. The lowest BCUT2D eigenvalue weighted by molar-refractivity contribution is 0.00864. The van der Waals surface area contributed by atoms with E-state index in [2.05, 4.69) is 15.1 Å². The lowest BCUT2D eigenvalue weighted by atomic mass is 9.59. The average Bonchev–Trinajstić information content (AvgIpc) is 3.55. The topological polar surface area (TPSA) is 106 Å². The molecule has 3 aliphatic rings. The van der Waals surface area contributed by atoms with Gasteiger partial charge >= 0.3 is 0 Å². The van der Waals surface area contributed by atoms with Gasteiger partial charge in [-0.1, -0.05) is 5.57 Å². The lowest BCUT2D eigenvalue weighted by Gasteiger charge is -2.49. The van der Waals surface area contributed by atoms with Gasteiger partial charge in [0.2, 0.25) is 0 Å². The van der Waals surface area contributed by atoms with Crippen molar-refractivity contribution in [2.45, 2.75) is 61.7 Å². The first-order valence-corrected chi connectivity index (χ1v) is 15.4. The second-order valence-corrected chi connectivity index (χ2v) is 13.4. The third-order valence-corrected chi connectivity index (χ3v) is 10.7. The van der Waals surface area contributed by atoms with Crippen molar-refractivity contribution in [3.8, 4) is 5.69 Å². The molecule has 7 rings (SSSR count). The fourth-order valence-corrected chi connectivity index (χ4v) is 8.58. The summed E-state index contributed by atoms with van der Waals surface area (Å²) < 4.78 is 60.8. The third-order valence-electron chi connectivity index (χ3n) is 8.80. The summed E-state index contributed by atoms with van der Waals surface area (Å²) in [6, 6.07) is 8.00. The molecule has 218 valence electrons. The van der Waals surface area contributed by atoms with Crippen molar-refractivity contribution in [2.75, 3.05) is 0 Å². The summed E-state index contributed by atoms with van der Waals surface area (Å²) in [5, 5.41) is 16.6. The second-order valence-electron chi connectivity index (χ2n) is 11.6. The van der Waals surface area contributed by atoms with Gasteiger partial charge in [-0.15, -0.1) is 0 Å². The van der Waals surface area contributed by atoms with E-state index in [1.54, 1.807) is 38.9 Å². The quantitative estimate of drug-likeness (QED) is 0.342. The number of aryl methyl sites for hydroxylation is 1. The number of aromatic nitrogens is 5. The van der Waals surface area contributed by atoms with Crippen LogP contribution in [0.3, 0.4) is 0 Å². The molecule has 1 N–H and O–H groups in total. The Hall–Kier alpha value is -3.74. The Kier molecular flexibility index (Phi) is 6.41. The average molecular weight is 593 g/mol. The molecule has 0 aliphatic heterocycles. The van der Waals surface area contributed by atoms with Crippen LogP contribution in [0.4, 0.5) is 8.78 Å². The van der Waals surface area contributed by atoms with Crippen molar-refractivity contribution >= 4 is 16.1 Å². The van der Waals surface area contributed by atoms with Crippen LogP contribution in [-0.4, -0.2) is 54.2 Å². The van der Waals surface area contributed by atoms with Crippen LogP contribution in [-0.2, 0) is 23.5 Å². The summed E-state index contributed by atoms with van der Waals surface area (Å²) in [5.41, 5.74) is 2.56. The Morgan fingerprint density at radius 2 is 1.86 bits per heavy atom. The van der Waals surface area contributed by atoms with Gasteiger partial charge in [0.05, 0.1) is 29.6 Å². The van der Waals surface area contributed by atoms with Crippen LogP contribution in [0.2, 0.25) is 0 Å². The highest BCUT2D eigenvalue weighted by Gasteiger charge is 2.53. The van der Waals surface area contributed by atoms with Gasteiger partial charge < -0.3 is 9.67 Å². The first-order chi connectivity index (χ1) is 20.2. The standard InChI is InChI=1S/C30H30F2N6O3S/c1-36-17-28(34-18-36)42(40,41)38(24-8-9-24)25-5-2-20-12-27-19(16-35-37(27)23-6-3-21(31)4-7-23)14-30(20,15-25)29(39)26-13-22(32)10-11-33-26/h3-4,6-7,10-13,16-18,24-25,29,39H,2,5,8-9,14-15H2,1H3/t25-,29?,30-/m0/s1. The van der Waals surface area contributed by atoms with E-state index in [9.17, 15) is 22.3 Å². The van der Waals surface area contributed by atoms with Gasteiger partial charge in [-0.2, -0.15) is 9.40 Å². The first kappa shape index (κ1) is 27.1. The summed E-state index contributed by atoms with van der Waals surface area (Å²) in [6.45, 7) is 0. The third kappa shape index (κ3) is 4.48. The van der Waals surface area contributed by atoms with Crippen LogP contribution in [0.5, 0.6) is 0 Å². The molecule has 0 radical (unpaired) electrons. The lowest BCUT2D eigenvalue weighted by Crippen LogP contribution is -2.50. The van der Waals surface area contributed by atoms with Crippen molar-refractivity contribution in [1.29, 1.82) is 0 Å². The fourth-order valence-electron chi connectivity index (χ4n) is 6.71. The summed E-state index contributed by atoms with van der Waals surface area (Å²) in [7, 11) is -2.17. The highest BCUT2D eigenvalue weighted by atomic mass is 32.2. The minimum atomic E-state index is -3.90. The highest BCUT2D eigenvalue weighted by Crippen LogP contribution is 2.56. The predicted octanol–water partition coefficient (Wildman–Crippen LogP) is 4.34. The molecule has 3 heterocycles. The van der Waals surface area contributed by atoms with Crippen molar-refractivity contribution in [1.82, 2.24) is 28.6 Å².